The summed E-state index contributed by atoms with van der Waals surface area (Å²) < 4.78 is 28.0. The molecule has 2 aliphatic heterocycles. The molecule has 1 N–H and O–H groups in total. The van der Waals surface area contributed by atoms with Gasteiger partial charge in [-0.15, -0.1) is 0 Å². The molecule has 0 spiro atoms. The van der Waals surface area contributed by atoms with E-state index >= 15 is 0 Å². The summed E-state index contributed by atoms with van der Waals surface area (Å²) in [4.78, 5) is 1.41. The van der Waals surface area contributed by atoms with Gasteiger partial charge in [-0.1, -0.05) is 30.3 Å². The Hall–Kier alpha value is -1.77. The third kappa shape index (κ3) is 3.93. The lowest BCUT2D eigenvalue weighted by Gasteiger charge is -2.23. The zero-order valence-corrected chi connectivity index (χ0v) is 17.1. The summed E-state index contributed by atoms with van der Waals surface area (Å²) in [5.74, 6) is 1.20. The van der Waals surface area contributed by atoms with Crippen LogP contribution >= 0.6 is 12.2 Å². The Morgan fingerprint density at radius 3 is 2.70 bits per heavy atom. The molecular weight excluding hydrogens is 380 g/mol. The Morgan fingerprint density at radius 1 is 1.30 bits per heavy atom. The van der Waals surface area contributed by atoms with Crippen LogP contribution in [0.1, 0.15) is 30.1 Å². The quantitative estimate of drug-likeness (QED) is 0.776. The molecule has 0 amide bonds. The molecule has 3 heterocycles. The second kappa shape index (κ2) is 7.33. The highest BCUT2D eigenvalue weighted by Gasteiger charge is 2.32. The van der Waals surface area contributed by atoms with E-state index in [1.165, 1.54) is 16.0 Å². The van der Waals surface area contributed by atoms with Crippen molar-refractivity contribution in [2.24, 2.45) is 7.05 Å². The van der Waals surface area contributed by atoms with Gasteiger partial charge in [0.15, 0.2) is 16.5 Å². The molecule has 0 radical (unpaired) electrons. The molecule has 0 bridgehead atoms. The van der Waals surface area contributed by atoms with E-state index in [-0.39, 0.29) is 17.4 Å². The summed E-state index contributed by atoms with van der Waals surface area (Å²) in [6.07, 6.45) is 3.99. The average Bonchev–Trinajstić information content (AvgIpc) is 3.17. The monoisotopic (exact) mass is 405 g/mol. The fraction of sp³-hybridized carbons (Fsp3) is 0.474. The van der Waals surface area contributed by atoms with Gasteiger partial charge in [-0.25, -0.2) is 8.42 Å². The molecule has 1 fully saturated rings. The Bertz CT molecular complexity index is 1020. The first-order valence-electron chi connectivity index (χ1n) is 9.35. The van der Waals surface area contributed by atoms with Gasteiger partial charge in [0.1, 0.15) is 5.82 Å². The highest BCUT2D eigenvalue weighted by atomic mass is 32.2. The molecule has 1 aromatic carbocycles. The smallest absolute Gasteiger partial charge is 0.202 e. The Morgan fingerprint density at radius 2 is 2.07 bits per heavy atom. The summed E-state index contributed by atoms with van der Waals surface area (Å²) in [6, 6.07) is 10.5. The maximum Gasteiger partial charge on any atom is 0.202 e. The fourth-order valence-corrected chi connectivity index (χ4v) is 5.95. The first kappa shape index (κ1) is 18.6. The second-order valence-corrected chi connectivity index (χ2v) is 10.1. The van der Waals surface area contributed by atoms with Crippen LogP contribution in [0.4, 0.5) is 0 Å². The minimum absolute atomic E-state index is 0.0381. The number of nitrogens with zero attached hydrogens (tertiary/aromatic N) is 3. The van der Waals surface area contributed by atoms with Crippen LogP contribution in [0.3, 0.4) is 0 Å². The number of aromatic nitrogens is 3. The SMILES string of the molecule is Cn1c([C@H]2CCS(=O)(=O)C2)nn(C[NH+]2CC=C(c3ccccc3)CC2)c1=S. The van der Waals surface area contributed by atoms with E-state index in [9.17, 15) is 8.42 Å². The van der Waals surface area contributed by atoms with Gasteiger partial charge < -0.3 is 9.47 Å². The first-order valence-corrected chi connectivity index (χ1v) is 11.6. The van der Waals surface area contributed by atoms with E-state index in [1.54, 1.807) is 0 Å². The third-order valence-electron chi connectivity index (χ3n) is 5.58. The predicted octanol–water partition coefficient (Wildman–Crippen LogP) is 1.18. The minimum Gasteiger partial charge on any atom is -0.313 e. The molecule has 8 heteroatoms. The number of nitrogens with one attached hydrogen (secondary N) is 1. The molecule has 6 nitrogen and oxygen atoms in total. The fourth-order valence-electron chi connectivity index (χ4n) is 4.01. The van der Waals surface area contributed by atoms with Crippen molar-refractivity contribution in [1.82, 2.24) is 14.3 Å². The van der Waals surface area contributed by atoms with Crippen molar-refractivity contribution < 1.29 is 13.3 Å². The number of hydrogen-bond donors (Lipinski definition) is 1. The molecule has 2 aromatic rings. The molecular formula is C19H25N4O2S2+. The molecule has 0 aliphatic carbocycles. The first-order chi connectivity index (χ1) is 12.9. The van der Waals surface area contributed by atoms with Crippen molar-refractivity contribution in [3.8, 4) is 0 Å². The number of hydrogen-bond acceptors (Lipinski definition) is 4. The van der Waals surface area contributed by atoms with Crippen LogP contribution in [0.2, 0.25) is 0 Å². The lowest BCUT2D eigenvalue weighted by atomic mass is 10.00. The highest BCUT2D eigenvalue weighted by Crippen LogP contribution is 2.27. The third-order valence-corrected chi connectivity index (χ3v) is 7.83. The standard InChI is InChI=1S/C19H24N4O2S2/c1-21-18(17-9-12-27(24,25)13-17)20-23(19(21)26)14-22-10-7-16(8-11-22)15-5-3-2-4-6-15/h2-7,17H,8-14H2,1H3/p+1/t17-/m0/s1. The lowest BCUT2D eigenvalue weighted by Crippen LogP contribution is -3.11. The second-order valence-electron chi connectivity index (χ2n) is 7.51. The highest BCUT2D eigenvalue weighted by molar-refractivity contribution is 7.91. The molecule has 144 valence electrons. The van der Waals surface area contributed by atoms with E-state index in [1.807, 2.05) is 22.4 Å². The maximum atomic E-state index is 11.8. The van der Waals surface area contributed by atoms with Gasteiger partial charge >= 0.3 is 0 Å². The van der Waals surface area contributed by atoms with Crippen LogP contribution in [-0.2, 0) is 23.6 Å². The Labute approximate surface area is 165 Å². The summed E-state index contributed by atoms with van der Waals surface area (Å²) >= 11 is 5.56. The van der Waals surface area contributed by atoms with Crippen LogP contribution < -0.4 is 4.90 Å². The van der Waals surface area contributed by atoms with Gasteiger partial charge in [0.25, 0.3) is 0 Å². The molecule has 2 atom stereocenters. The van der Waals surface area contributed by atoms with E-state index < -0.39 is 9.84 Å². The normalized spacial score (nSPS) is 24.7. The van der Waals surface area contributed by atoms with Crippen molar-refractivity contribution in [1.29, 1.82) is 0 Å². The summed E-state index contributed by atoms with van der Waals surface area (Å²) in [7, 11) is -1.04. The molecule has 2 aliphatic rings. The van der Waals surface area contributed by atoms with Gasteiger partial charge in [-0.05, 0) is 35.9 Å². The van der Waals surface area contributed by atoms with Crippen LogP contribution in [0.15, 0.2) is 36.4 Å². The minimum atomic E-state index is -2.93. The van der Waals surface area contributed by atoms with Crippen molar-refractivity contribution in [3.05, 3.63) is 52.6 Å². The van der Waals surface area contributed by atoms with Gasteiger partial charge in [-0.2, -0.15) is 9.78 Å². The number of benzene rings is 1. The van der Waals surface area contributed by atoms with Crippen molar-refractivity contribution in [2.45, 2.75) is 25.4 Å². The van der Waals surface area contributed by atoms with Crippen molar-refractivity contribution in [3.63, 3.8) is 0 Å². The molecule has 0 saturated carbocycles. The van der Waals surface area contributed by atoms with Gasteiger partial charge in [0.2, 0.25) is 4.77 Å². The van der Waals surface area contributed by atoms with Gasteiger partial charge in [-0.3, -0.25) is 0 Å². The zero-order chi connectivity index (χ0) is 19.0. The molecule has 1 saturated heterocycles. The van der Waals surface area contributed by atoms with E-state index in [0.717, 1.165) is 25.3 Å². The van der Waals surface area contributed by atoms with Crippen LogP contribution in [-0.4, -0.2) is 47.4 Å². The van der Waals surface area contributed by atoms with Crippen LogP contribution in [0.5, 0.6) is 0 Å². The number of sulfone groups is 1. The summed E-state index contributed by atoms with van der Waals surface area (Å²) in [5.41, 5.74) is 2.71. The van der Waals surface area contributed by atoms with E-state index in [2.05, 4.69) is 30.3 Å². The molecule has 4 rings (SSSR count). The molecule has 1 aromatic heterocycles. The summed E-state index contributed by atoms with van der Waals surface area (Å²) in [6.45, 7) is 2.69. The van der Waals surface area contributed by atoms with Crippen LogP contribution in [0.25, 0.3) is 5.57 Å². The van der Waals surface area contributed by atoms with Gasteiger partial charge in [0.05, 0.1) is 24.6 Å². The number of quaternary nitrogens is 1. The van der Waals surface area contributed by atoms with E-state index in [0.29, 0.717) is 17.9 Å². The van der Waals surface area contributed by atoms with Crippen molar-refractivity contribution >= 4 is 27.6 Å². The predicted molar refractivity (Wildman–Crippen MR) is 108 cm³/mol. The van der Waals surface area contributed by atoms with Crippen molar-refractivity contribution in [2.75, 3.05) is 24.6 Å². The Balaban J connectivity index is 1.47. The van der Waals surface area contributed by atoms with Gasteiger partial charge in [0, 0.05) is 19.4 Å². The van der Waals surface area contributed by atoms with E-state index in [4.69, 9.17) is 17.3 Å². The summed E-state index contributed by atoms with van der Waals surface area (Å²) in [5, 5.41) is 4.70. The number of rotatable bonds is 4. The largest absolute Gasteiger partial charge is 0.313 e. The van der Waals surface area contributed by atoms with Crippen LogP contribution in [0, 0.1) is 4.77 Å². The molecule has 1 unspecified atom stereocenters. The maximum absolute atomic E-state index is 11.8. The topological polar surface area (TPSA) is 61.3 Å². The zero-order valence-electron chi connectivity index (χ0n) is 15.5. The average molecular weight is 406 g/mol. The lowest BCUT2D eigenvalue weighted by molar-refractivity contribution is -0.918. The Kier molecular flexibility index (Phi) is 5.05. The molecule has 27 heavy (non-hydrogen) atoms.